The lowest BCUT2D eigenvalue weighted by Crippen LogP contribution is -2.18. The molecule has 6 rings (SSSR count). The number of carbonyl (C=O) groups excluding carboxylic acids is 1. The third-order valence-electron chi connectivity index (χ3n) is 6.91. The third kappa shape index (κ3) is 6.29. The number of hydrogen-bond acceptors (Lipinski definition) is 6. The van der Waals surface area contributed by atoms with Crippen molar-refractivity contribution >= 4 is 28.7 Å². The summed E-state index contributed by atoms with van der Waals surface area (Å²) in [5, 5.41) is 0.806. The Morgan fingerprint density at radius 2 is 1.21 bits per heavy atom. The van der Waals surface area contributed by atoms with Crippen LogP contribution < -0.4 is 14.4 Å². The number of nitrogens with zero attached hydrogens (tertiary/aromatic N) is 3. The summed E-state index contributed by atoms with van der Waals surface area (Å²) in [7, 11) is 0. The van der Waals surface area contributed by atoms with Crippen LogP contribution in [0.5, 0.6) is 11.5 Å². The molecule has 6 aromatic rings. The standard InChI is InChI=1S/C36H29N3O3/c40-23-30-17-10-18-31(19-30)39(22-27-11-4-1-5-12-27)36-32-20-34(41-24-28-13-6-2-7-14-28)35(21-33(32)37-26-38-36)42-25-29-15-8-3-9-16-29/h1-21,23,26H,22,24-25H2. The van der Waals surface area contributed by atoms with Gasteiger partial charge in [-0.2, -0.15) is 0 Å². The van der Waals surface area contributed by atoms with Gasteiger partial charge in [-0.05, 0) is 34.9 Å². The minimum atomic E-state index is 0.381. The van der Waals surface area contributed by atoms with Crippen molar-refractivity contribution in [1.29, 1.82) is 0 Å². The first kappa shape index (κ1) is 26.7. The van der Waals surface area contributed by atoms with E-state index in [4.69, 9.17) is 14.5 Å². The number of hydrogen-bond donors (Lipinski definition) is 0. The SMILES string of the molecule is O=Cc1cccc(N(Cc2ccccc2)c2ncnc3cc(OCc4ccccc4)c(OCc4ccccc4)cc23)c1. The average Bonchev–Trinajstić information content (AvgIpc) is 3.06. The van der Waals surface area contributed by atoms with Gasteiger partial charge in [0, 0.05) is 29.2 Å². The van der Waals surface area contributed by atoms with Crippen molar-refractivity contribution in [2.75, 3.05) is 4.90 Å². The third-order valence-corrected chi connectivity index (χ3v) is 6.91. The van der Waals surface area contributed by atoms with E-state index in [-0.39, 0.29) is 0 Å². The molecule has 0 spiro atoms. The fourth-order valence-electron chi connectivity index (χ4n) is 4.78. The van der Waals surface area contributed by atoms with Crippen LogP contribution in [0.15, 0.2) is 134 Å². The Kier molecular flexibility index (Phi) is 8.13. The average molecular weight is 552 g/mol. The molecule has 42 heavy (non-hydrogen) atoms. The van der Waals surface area contributed by atoms with Crippen molar-refractivity contribution in [2.24, 2.45) is 0 Å². The van der Waals surface area contributed by atoms with Gasteiger partial charge in [0.1, 0.15) is 31.6 Å². The molecule has 6 nitrogen and oxygen atoms in total. The van der Waals surface area contributed by atoms with E-state index in [9.17, 15) is 4.79 Å². The van der Waals surface area contributed by atoms with E-state index in [2.05, 4.69) is 22.0 Å². The van der Waals surface area contributed by atoms with Crippen LogP contribution in [0.3, 0.4) is 0 Å². The van der Waals surface area contributed by atoms with Gasteiger partial charge in [-0.1, -0.05) is 103 Å². The molecule has 0 unspecified atom stereocenters. The molecule has 0 aliphatic heterocycles. The Morgan fingerprint density at radius 1 is 0.619 bits per heavy atom. The summed E-state index contributed by atoms with van der Waals surface area (Å²) >= 11 is 0. The molecule has 0 saturated heterocycles. The smallest absolute Gasteiger partial charge is 0.163 e. The molecule has 1 heterocycles. The molecule has 0 bridgehead atoms. The normalized spacial score (nSPS) is 10.8. The lowest BCUT2D eigenvalue weighted by Gasteiger charge is -2.26. The van der Waals surface area contributed by atoms with Crippen molar-refractivity contribution < 1.29 is 14.3 Å². The van der Waals surface area contributed by atoms with E-state index >= 15 is 0 Å². The van der Waals surface area contributed by atoms with Crippen molar-refractivity contribution in [3.05, 3.63) is 156 Å². The lowest BCUT2D eigenvalue weighted by atomic mass is 10.1. The van der Waals surface area contributed by atoms with Crippen LogP contribution in [0.2, 0.25) is 0 Å². The highest BCUT2D eigenvalue weighted by molar-refractivity contribution is 5.94. The Hall–Kier alpha value is -5.49. The second-order valence-corrected chi connectivity index (χ2v) is 9.85. The van der Waals surface area contributed by atoms with E-state index in [1.165, 1.54) is 0 Å². The van der Waals surface area contributed by atoms with Gasteiger partial charge < -0.3 is 14.4 Å². The molecule has 1 aromatic heterocycles. The van der Waals surface area contributed by atoms with Crippen LogP contribution in [-0.4, -0.2) is 16.3 Å². The van der Waals surface area contributed by atoms with E-state index in [0.717, 1.165) is 39.6 Å². The van der Waals surface area contributed by atoms with Gasteiger partial charge in [-0.15, -0.1) is 0 Å². The van der Waals surface area contributed by atoms with Crippen molar-refractivity contribution in [2.45, 2.75) is 19.8 Å². The maximum absolute atomic E-state index is 11.6. The fourth-order valence-corrected chi connectivity index (χ4v) is 4.78. The van der Waals surface area contributed by atoms with Crippen molar-refractivity contribution in [3.8, 4) is 11.5 Å². The summed E-state index contributed by atoms with van der Waals surface area (Å²) in [5.74, 6) is 1.90. The number of fused-ring (bicyclic) bond motifs is 1. The summed E-state index contributed by atoms with van der Waals surface area (Å²) in [6.07, 6.45) is 2.42. The molecule has 0 amide bonds. The van der Waals surface area contributed by atoms with E-state index in [1.807, 2.05) is 109 Å². The first-order valence-electron chi connectivity index (χ1n) is 13.8. The molecule has 0 fully saturated rings. The molecular formula is C36H29N3O3. The van der Waals surface area contributed by atoms with Crippen LogP contribution in [-0.2, 0) is 19.8 Å². The Labute approximate surface area is 244 Å². The molecule has 5 aromatic carbocycles. The van der Waals surface area contributed by atoms with Gasteiger partial charge in [-0.3, -0.25) is 4.79 Å². The second-order valence-electron chi connectivity index (χ2n) is 9.85. The Balaban J connectivity index is 1.44. The molecule has 0 saturated carbocycles. The van der Waals surface area contributed by atoms with Crippen LogP contribution in [0.4, 0.5) is 11.5 Å². The van der Waals surface area contributed by atoms with Gasteiger partial charge in [0.05, 0.1) is 5.52 Å². The lowest BCUT2D eigenvalue weighted by molar-refractivity contribution is 0.112. The van der Waals surface area contributed by atoms with E-state index in [0.29, 0.717) is 42.6 Å². The first-order chi connectivity index (χ1) is 20.8. The monoisotopic (exact) mass is 551 g/mol. The highest BCUT2D eigenvalue weighted by atomic mass is 16.5. The summed E-state index contributed by atoms with van der Waals surface area (Å²) < 4.78 is 12.7. The molecule has 0 aliphatic carbocycles. The van der Waals surface area contributed by atoms with Gasteiger partial charge in [0.2, 0.25) is 0 Å². The van der Waals surface area contributed by atoms with Crippen LogP contribution in [0.25, 0.3) is 10.9 Å². The minimum Gasteiger partial charge on any atom is -0.485 e. The van der Waals surface area contributed by atoms with Crippen LogP contribution in [0.1, 0.15) is 27.0 Å². The van der Waals surface area contributed by atoms with E-state index < -0.39 is 0 Å². The fraction of sp³-hybridized carbons (Fsp3) is 0.0833. The number of aromatic nitrogens is 2. The zero-order valence-electron chi connectivity index (χ0n) is 23.0. The number of rotatable bonds is 11. The molecular weight excluding hydrogens is 522 g/mol. The molecule has 6 heteroatoms. The molecule has 0 aliphatic rings. The number of carbonyl (C=O) groups is 1. The van der Waals surface area contributed by atoms with Crippen LogP contribution >= 0.6 is 0 Å². The van der Waals surface area contributed by atoms with Gasteiger partial charge in [-0.25, -0.2) is 9.97 Å². The summed E-state index contributed by atoms with van der Waals surface area (Å²) in [4.78, 5) is 23.1. The quantitative estimate of drug-likeness (QED) is 0.152. The summed E-state index contributed by atoms with van der Waals surface area (Å²) in [5.41, 5.74) is 5.36. The minimum absolute atomic E-state index is 0.381. The summed E-state index contributed by atoms with van der Waals surface area (Å²) in [6.45, 7) is 1.32. The number of ether oxygens (including phenoxy) is 2. The molecule has 206 valence electrons. The summed E-state index contributed by atoms with van der Waals surface area (Å²) in [6, 6.07) is 41.6. The first-order valence-corrected chi connectivity index (χ1v) is 13.8. The molecule has 0 N–H and O–H groups in total. The maximum atomic E-state index is 11.6. The predicted molar refractivity (Wildman–Crippen MR) is 165 cm³/mol. The van der Waals surface area contributed by atoms with Gasteiger partial charge in [0.25, 0.3) is 0 Å². The van der Waals surface area contributed by atoms with Crippen molar-refractivity contribution in [1.82, 2.24) is 9.97 Å². The highest BCUT2D eigenvalue weighted by Gasteiger charge is 2.19. The number of anilines is 2. The zero-order chi connectivity index (χ0) is 28.6. The topological polar surface area (TPSA) is 64.6 Å². The highest BCUT2D eigenvalue weighted by Crippen LogP contribution is 2.38. The van der Waals surface area contributed by atoms with Crippen LogP contribution in [0, 0.1) is 0 Å². The zero-order valence-corrected chi connectivity index (χ0v) is 23.0. The molecule has 0 atom stereocenters. The Morgan fingerprint density at radius 3 is 1.83 bits per heavy atom. The van der Waals surface area contributed by atoms with E-state index in [1.54, 1.807) is 12.4 Å². The van der Waals surface area contributed by atoms with Crippen molar-refractivity contribution in [3.63, 3.8) is 0 Å². The van der Waals surface area contributed by atoms with Gasteiger partial charge in [0.15, 0.2) is 11.5 Å². The predicted octanol–water partition coefficient (Wildman–Crippen LogP) is 7.94. The largest absolute Gasteiger partial charge is 0.485 e. The molecule has 0 radical (unpaired) electrons. The number of benzene rings is 5. The maximum Gasteiger partial charge on any atom is 0.163 e. The Bertz CT molecular complexity index is 1780. The van der Waals surface area contributed by atoms with Gasteiger partial charge >= 0.3 is 0 Å². The number of aldehydes is 1. The second kappa shape index (κ2) is 12.8.